The Hall–Kier alpha value is -3.38. The third kappa shape index (κ3) is 3.50. The van der Waals surface area contributed by atoms with E-state index in [9.17, 15) is 4.79 Å². The van der Waals surface area contributed by atoms with Crippen LogP contribution < -0.4 is 10.6 Å². The molecule has 1 aliphatic rings. The van der Waals surface area contributed by atoms with E-state index in [2.05, 4.69) is 49.3 Å². The first-order valence-electron chi connectivity index (χ1n) is 10.5. The Balaban J connectivity index is 1.67. The second-order valence-electron chi connectivity index (χ2n) is 8.19. The van der Waals surface area contributed by atoms with Gasteiger partial charge in [-0.15, -0.1) is 0 Å². The highest BCUT2D eigenvalue weighted by Gasteiger charge is 2.34. The fourth-order valence-corrected chi connectivity index (χ4v) is 4.81. The van der Waals surface area contributed by atoms with E-state index in [1.807, 2.05) is 69.3 Å². The van der Waals surface area contributed by atoms with Crippen molar-refractivity contribution in [3.63, 3.8) is 0 Å². The molecule has 1 aliphatic heterocycles. The van der Waals surface area contributed by atoms with Gasteiger partial charge in [0, 0.05) is 15.9 Å². The number of fused-ring (bicyclic) bond motifs is 3. The Kier molecular flexibility index (Phi) is 5.10. The number of halogens is 1. The van der Waals surface area contributed by atoms with Gasteiger partial charge in [-0.05, 0) is 62.2 Å². The van der Waals surface area contributed by atoms with Gasteiger partial charge in [-0.1, -0.05) is 57.9 Å². The molecule has 0 unspecified atom stereocenters. The summed E-state index contributed by atoms with van der Waals surface area (Å²) in [4.78, 5) is 18.5. The number of rotatable bonds is 3. The van der Waals surface area contributed by atoms with E-state index in [4.69, 9.17) is 4.98 Å². The van der Waals surface area contributed by atoms with Crippen LogP contribution in [0.5, 0.6) is 0 Å². The standard InChI is InChI=1S/C26H23BrN4O/c1-15-11-12-20(16(2)13-15)29-25(32)23-17(3)28-26-30-21-9-4-5-10-22(21)31(26)24(23)18-7-6-8-19(27)14-18/h4-14,24H,1-3H3,(H,28,30)(H,29,32)/t24-/m1/s1. The molecule has 0 bridgehead atoms. The lowest BCUT2D eigenvalue weighted by atomic mass is 9.94. The second kappa shape index (κ2) is 7.95. The smallest absolute Gasteiger partial charge is 0.255 e. The number of aryl methyl sites for hydroxylation is 2. The van der Waals surface area contributed by atoms with Crippen molar-refractivity contribution >= 4 is 44.5 Å². The summed E-state index contributed by atoms with van der Waals surface area (Å²) >= 11 is 3.59. The minimum atomic E-state index is -0.318. The van der Waals surface area contributed by atoms with Crippen molar-refractivity contribution in [2.24, 2.45) is 0 Å². The Labute approximate surface area is 195 Å². The number of aromatic nitrogens is 2. The molecule has 160 valence electrons. The third-order valence-electron chi connectivity index (χ3n) is 5.87. The maximum Gasteiger partial charge on any atom is 0.255 e. The van der Waals surface area contributed by atoms with Crippen LogP contribution in [0.3, 0.4) is 0 Å². The molecule has 2 heterocycles. The predicted molar refractivity (Wildman–Crippen MR) is 133 cm³/mol. The number of hydrogen-bond acceptors (Lipinski definition) is 3. The summed E-state index contributed by atoms with van der Waals surface area (Å²) < 4.78 is 3.08. The van der Waals surface area contributed by atoms with Crippen molar-refractivity contribution in [2.75, 3.05) is 10.6 Å². The van der Waals surface area contributed by atoms with Crippen LogP contribution in [0, 0.1) is 13.8 Å². The van der Waals surface area contributed by atoms with Gasteiger partial charge in [-0.2, -0.15) is 0 Å². The quantitative estimate of drug-likeness (QED) is 0.355. The van der Waals surface area contributed by atoms with Crippen molar-refractivity contribution in [3.8, 4) is 0 Å². The van der Waals surface area contributed by atoms with Gasteiger partial charge < -0.3 is 10.6 Å². The number of hydrogen-bond donors (Lipinski definition) is 2. The molecule has 6 heteroatoms. The first-order valence-corrected chi connectivity index (χ1v) is 11.3. The topological polar surface area (TPSA) is 59.0 Å². The van der Waals surface area contributed by atoms with Crippen LogP contribution in [0.4, 0.5) is 11.6 Å². The van der Waals surface area contributed by atoms with Gasteiger partial charge >= 0.3 is 0 Å². The molecule has 2 N–H and O–H groups in total. The second-order valence-corrected chi connectivity index (χ2v) is 9.10. The Morgan fingerprint density at radius 1 is 1.03 bits per heavy atom. The van der Waals surface area contributed by atoms with Gasteiger partial charge in [-0.3, -0.25) is 9.36 Å². The molecule has 5 nitrogen and oxygen atoms in total. The van der Waals surface area contributed by atoms with Gasteiger partial charge in [0.1, 0.15) is 0 Å². The van der Waals surface area contributed by atoms with Crippen molar-refractivity contribution in [1.82, 2.24) is 9.55 Å². The SMILES string of the molecule is CC1=C(C(=O)Nc2ccc(C)cc2C)[C@@H](c2cccc(Br)c2)n2c(nc3ccccc32)N1. The highest BCUT2D eigenvalue weighted by Crippen LogP contribution is 2.40. The molecular weight excluding hydrogens is 464 g/mol. The minimum Gasteiger partial charge on any atom is -0.329 e. The Bertz CT molecular complexity index is 1400. The van der Waals surface area contributed by atoms with Crippen LogP contribution in [0.1, 0.15) is 29.7 Å². The molecule has 1 amide bonds. The van der Waals surface area contributed by atoms with Gasteiger partial charge in [-0.25, -0.2) is 4.98 Å². The molecule has 0 spiro atoms. The van der Waals surface area contributed by atoms with Crippen LogP contribution in [-0.2, 0) is 4.79 Å². The van der Waals surface area contributed by atoms with E-state index >= 15 is 0 Å². The first kappa shape index (κ1) is 20.5. The minimum absolute atomic E-state index is 0.129. The van der Waals surface area contributed by atoms with Crippen molar-refractivity contribution in [2.45, 2.75) is 26.8 Å². The van der Waals surface area contributed by atoms with Crippen molar-refractivity contribution in [3.05, 3.63) is 99.2 Å². The molecule has 4 aromatic rings. The van der Waals surface area contributed by atoms with E-state index in [1.54, 1.807) is 0 Å². The van der Waals surface area contributed by atoms with Crippen molar-refractivity contribution in [1.29, 1.82) is 0 Å². The van der Waals surface area contributed by atoms with Crippen LogP contribution in [0.25, 0.3) is 11.0 Å². The Morgan fingerprint density at radius 2 is 1.84 bits per heavy atom. The van der Waals surface area contributed by atoms with Crippen LogP contribution in [-0.4, -0.2) is 15.5 Å². The lowest BCUT2D eigenvalue weighted by molar-refractivity contribution is -0.113. The molecule has 0 saturated heterocycles. The fourth-order valence-electron chi connectivity index (χ4n) is 4.39. The number of amides is 1. The van der Waals surface area contributed by atoms with E-state index < -0.39 is 0 Å². The maximum atomic E-state index is 13.7. The predicted octanol–water partition coefficient (Wildman–Crippen LogP) is 6.34. The maximum absolute atomic E-state index is 13.7. The summed E-state index contributed by atoms with van der Waals surface area (Å²) in [5.74, 6) is 0.604. The molecule has 3 aromatic carbocycles. The molecule has 5 rings (SSSR count). The summed E-state index contributed by atoms with van der Waals surface area (Å²) in [5, 5.41) is 6.50. The highest BCUT2D eigenvalue weighted by molar-refractivity contribution is 9.10. The third-order valence-corrected chi connectivity index (χ3v) is 6.36. The monoisotopic (exact) mass is 486 g/mol. The molecule has 0 radical (unpaired) electrons. The van der Waals surface area contributed by atoms with E-state index in [-0.39, 0.29) is 11.9 Å². The van der Waals surface area contributed by atoms with E-state index in [0.717, 1.165) is 49.5 Å². The average molecular weight is 487 g/mol. The lowest BCUT2D eigenvalue weighted by Gasteiger charge is -2.31. The van der Waals surface area contributed by atoms with Crippen LogP contribution in [0.15, 0.2) is 82.5 Å². The zero-order chi connectivity index (χ0) is 22.4. The normalized spacial score (nSPS) is 15.4. The van der Waals surface area contributed by atoms with E-state index in [0.29, 0.717) is 5.57 Å². The number of benzene rings is 3. The number of imidazole rings is 1. The van der Waals surface area contributed by atoms with E-state index in [1.165, 1.54) is 0 Å². The number of anilines is 2. The molecule has 0 saturated carbocycles. The van der Waals surface area contributed by atoms with Crippen LogP contribution in [0.2, 0.25) is 0 Å². The summed E-state index contributed by atoms with van der Waals surface area (Å²) in [6.45, 7) is 5.99. The van der Waals surface area contributed by atoms with Gasteiger partial charge in [0.25, 0.3) is 5.91 Å². The van der Waals surface area contributed by atoms with Gasteiger partial charge in [0.2, 0.25) is 5.95 Å². The molecular formula is C26H23BrN4O. The number of allylic oxidation sites excluding steroid dienone is 1. The Morgan fingerprint density at radius 3 is 2.62 bits per heavy atom. The lowest BCUT2D eigenvalue weighted by Crippen LogP contribution is -2.31. The number of nitrogens with one attached hydrogen (secondary N) is 2. The van der Waals surface area contributed by atoms with Crippen molar-refractivity contribution < 1.29 is 4.79 Å². The zero-order valence-electron chi connectivity index (χ0n) is 18.1. The number of carbonyl (C=O) groups is 1. The molecule has 0 fully saturated rings. The molecule has 1 aromatic heterocycles. The highest BCUT2D eigenvalue weighted by atomic mass is 79.9. The number of para-hydroxylation sites is 2. The number of carbonyl (C=O) groups excluding carboxylic acids is 1. The summed E-state index contributed by atoms with van der Waals surface area (Å²) in [7, 11) is 0. The van der Waals surface area contributed by atoms with Gasteiger partial charge in [0.05, 0.1) is 22.6 Å². The summed E-state index contributed by atoms with van der Waals surface area (Å²) in [6, 6.07) is 21.8. The fraction of sp³-hybridized carbons (Fsp3) is 0.154. The van der Waals surface area contributed by atoms with Gasteiger partial charge in [0.15, 0.2) is 0 Å². The van der Waals surface area contributed by atoms with Crippen LogP contribution >= 0.6 is 15.9 Å². The number of nitrogens with zero attached hydrogens (tertiary/aromatic N) is 2. The molecule has 1 atom stereocenters. The summed E-state index contributed by atoms with van der Waals surface area (Å²) in [6.07, 6.45) is 0. The zero-order valence-corrected chi connectivity index (χ0v) is 19.7. The summed E-state index contributed by atoms with van der Waals surface area (Å²) in [5.41, 5.74) is 7.34. The molecule has 32 heavy (non-hydrogen) atoms. The largest absolute Gasteiger partial charge is 0.329 e. The first-order chi connectivity index (χ1) is 15.4. The molecule has 0 aliphatic carbocycles. The average Bonchev–Trinajstić information content (AvgIpc) is 3.12.